The predicted molar refractivity (Wildman–Crippen MR) is 123 cm³/mol. The number of alkyl halides is 1. The maximum atomic E-state index is 13.4. The van der Waals surface area contributed by atoms with Crippen LogP contribution in [0.15, 0.2) is 18.2 Å². The molecule has 1 aromatic carbocycles. The molecule has 168 valence electrons. The Morgan fingerprint density at radius 2 is 1.90 bits per heavy atom. The van der Waals surface area contributed by atoms with Gasteiger partial charge in [-0.1, -0.05) is 37.3 Å². The Morgan fingerprint density at radius 1 is 1.13 bits per heavy atom. The molecule has 4 nitrogen and oxygen atoms in total. The number of likely N-dealkylation sites (tertiary alicyclic amines) is 1. The fourth-order valence-corrected chi connectivity index (χ4v) is 6.14. The Kier molecular flexibility index (Phi) is 6.25. The lowest BCUT2D eigenvalue weighted by molar-refractivity contribution is -0.135. The van der Waals surface area contributed by atoms with E-state index in [1.807, 2.05) is 6.07 Å². The van der Waals surface area contributed by atoms with Gasteiger partial charge in [-0.3, -0.25) is 4.79 Å². The largest absolute Gasteiger partial charge is 0.356 e. The van der Waals surface area contributed by atoms with Gasteiger partial charge < -0.3 is 14.8 Å². The molecule has 5 rings (SSSR count). The van der Waals surface area contributed by atoms with Gasteiger partial charge in [0.2, 0.25) is 5.91 Å². The predicted octanol–water partition coefficient (Wildman–Crippen LogP) is 5.65. The molecular weight excluding hydrogens is 413 g/mol. The van der Waals surface area contributed by atoms with Crippen molar-refractivity contribution < 1.29 is 9.18 Å². The highest BCUT2D eigenvalue weighted by molar-refractivity contribution is 6.31. The first-order valence-corrected chi connectivity index (χ1v) is 12.4. The lowest BCUT2D eigenvalue weighted by atomic mass is 9.89. The fourth-order valence-electron chi connectivity index (χ4n) is 5.97. The van der Waals surface area contributed by atoms with E-state index in [2.05, 4.69) is 26.9 Å². The Balaban J connectivity index is 1.36. The van der Waals surface area contributed by atoms with Crippen LogP contribution >= 0.6 is 11.6 Å². The zero-order chi connectivity index (χ0) is 21.4. The molecule has 2 aromatic rings. The van der Waals surface area contributed by atoms with Crippen molar-refractivity contribution in [2.45, 2.75) is 70.0 Å². The molecule has 0 spiro atoms. The number of carbonyl (C=O) groups excluding carboxylic acids is 1. The van der Waals surface area contributed by atoms with Gasteiger partial charge in [-0.25, -0.2) is 4.39 Å². The molecule has 0 bridgehead atoms. The van der Waals surface area contributed by atoms with Crippen molar-refractivity contribution in [3.63, 3.8) is 0 Å². The van der Waals surface area contributed by atoms with Crippen LogP contribution in [0.3, 0.4) is 0 Å². The monoisotopic (exact) mass is 445 g/mol. The molecule has 1 saturated heterocycles. The van der Waals surface area contributed by atoms with Crippen LogP contribution in [0.4, 0.5) is 4.39 Å². The first kappa shape index (κ1) is 21.3. The molecule has 0 radical (unpaired) electrons. The average Bonchev–Trinajstić information content (AvgIpc) is 3.41. The standard InChI is InChI=1S/C25H33ClFN3O/c26-18-5-6-22-21(16-18)20-9-14-30(23(25(20)28-22)15-17-3-1-2-4-17)24(31)10-13-29-11-7-19(27)8-12-29/h5-6,16-17,19,23,28H,1-4,7-15H2. The highest BCUT2D eigenvalue weighted by Gasteiger charge is 2.35. The molecular formula is C25H33ClFN3O. The Bertz CT molecular complexity index is 930. The summed E-state index contributed by atoms with van der Waals surface area (Å²) in [6.07, 6.45) is 8.15. The molecule has 2 fully saturated rings. The molecule has 1 unspecified atom stereocenters. The van der Waals surface area contributed by atoms with Crippen molar-refractivity contribution in [1.82, 2.24) is 14.8 Å². The summed E-state index contributed by atoms with van der Waals surface area (Å²) in [5.41, 5.74) is 3.69. The molecule has 6 heteroatoms. The minimum Gasteiger partial charge on any atom is -0.356 e. The number of aromatic amines is 1. The molecule has 1 aliphatic carbocycles. The third kappa shape index (κ3) is 4.49. The van der Waals surface area contributed by atoms with Gasteiger partial charge in [0.1, 0.15) is 6.17 Å². The first-order valence-electron chi connectivity index (χ1n) is 12.0. The molecule has 1 amide bonds. The van der Waals surface area contributed by atoms with Crippen LogP contribution in [0.2, 0.25) is 5.02 Å². The van der Waals surface area contributed by atoms with Crippen LogP contribution in [0.5, 0.6) is 0 Å². The van der Waals surface area contributed by atoms with Gasteiger partial charge in [0.15, 0.2) is 0 Å². The topological polar surface area (TPSA) is 39.3 Å². The van der Waals surface area contributed by atoms with Gasteiger partial charge in [0, 0.05) is 54.2 Å². The Hall–Kier alpha value is -1.59. The van der Waals surface area contributed by atoms with Gasteiger partial charge in [-0.15, -0.1) is 0 Å². The van der Waals surface area contributed by atoms with E-state index in [1.165, 1.54) is 42.3 Å². The number of benzene rings is 1. The normalized spacial score (nSPS) is 23.5. The third-order valence-corrected chi connectivity index (χ3v) is 7.96. The SMILES string of the molecule is O=C(CCN1CCC(F)CC1)N1CCc2c([nH]c3ccc(Cl)cc23)C1CC1CCCC1. The number of rotatable bonds is 5. The van der Waals surface area contributed by atoms with Crippen LogP contribution in [0, 0.1) is 5.92 Å². The molecule has 3 heterocycles. The maximum Gasteiger partial charge on any atom is 0.224 e. The van der Waals surface area contributed by atoms with Gasteiger partial charge in [-0.2, -0.15) is 0 Å². The summed E-state index contributed by atoms with van der Waals surface area (Å²) in [6.45, 7) is 3.06. The number of nitrogens with one attached hydrogen (secondary N) is 1. The number of aromatic nitrogens is 1. The number of fused-ring (bicyclic) bond motifs is 3. The quantitative estimate of drug-likeness (QED) is 0.645. The van der Waals surface area contributed by atoms with Crippen LogP contribution < -0.4 is 0 Å². The summed E-state index contributed by atoms with van der Waals surface area (Å²) in [5.74, 6) is 0.942. The maximum absolute atomic E-state index is 13.4. The highest BCUT2D eigenvalue weighted by atomic mass is 35.5. The van der Waals surface area contributed by atoms with E-state index in [4.69, 9.17) is 11.6 Å². The van der Waals surface area contributed by atoms with E-state index in [-0.39, 0.29) is 11.9 Å². The Labute approximate surface area is 189 Å². The van der Waals surface area contributed by atoms with Crippen molar-refractivity contribution in [1.29, 1.82) is 0 Å². The van der Waals surface area contributed by atoms with E-state index < -0.39 is 6.17 Å². The lowest BCUT2D eigenvalue weighted by Gasteiger charge is -2.38. The van der Waals surface area contributed by atoms with Crippen molar-refractivity contribution in [3.05, 3.63) is 34.5 Å². The first-order chi connectivity index (χ1) is 15.1. The second kappa shape index (κ2) is 9.11. The summed E-state index contributed by atoms with van der Waals surface area (Å²) in [7, 11) is 0. The van der Waals surface area contributed by atoms with Crippen molar-refractivity contribution in [3.8, 4) is 0 Å². The molecule has 1 saturated carbocycles. The van der Waals surface area contributed by atoms with E-state index >= 15 is 0 Å². The van der Waals surface area contributed by atoms with Crippen LogP contribution in [0.25, 0.3) is 10.9 Å². The number of hydrogen-bond acceptors (Lipinski definition) is 2. The highest BCUT2D eigenvalue weighted by Crippen LogP contribution is 2.42. The molecule has 31 heavy (non-hydrogen) atoms. The summed E-state index contributed by atoms with van der Waals surface area (Å²) in [6, 6.07) is 6.18. The fraction of sp³-hybridized carbons (Fsp3) is 0.640. The van der Waals surface area contributed by atoms with Crippen molar-refractivity contribution >= 4 is 28.4 Å². The molecule has 1 atom stereocenters. The molecule has 3 aliphatic rings. The van der Waals surface area contributed by atoms with Crippen LogP contribution in [-0.4, -0.2) is 53.0 Å². The van der Waals surface area contributed by atoms with E-state index in [1.54, 1.807) is 0 Å². The summed E-state index contributed by atoms with van der Waals surface area (Å²) < 4.78 is 13.4. The summed E-state index contributed by atoms with van der Waals surface area (Å²) >= 11 is 6.29. The molecule has 1 N–H and O–H groups in total. The average molecular weight is 446 g/mol. The third-order valence-electron chi connectivity index (χ3n) is 7.72. The van der Waals surface area contributed by atoms with E-state index in [9.17, 15) is 9.18 Å². The van der Waals surface area contributed by atoms with E-state index in [0.717, 1.165) is 49.6 Å². The number of amides is 1. The van der Waals surface area contributed by atoms with Gasteiger partial charge in [-0.05, 0) is 55.4 Å². The van der Waals surface area contributed by atoms with Crippen molar-refractivity contribution in [2.24, 2.45) is 5.92 Å². The van der Waals surface area contributed by atoms with Gasteiger partial charge >= 0.3 is 0 Å². The van der Waals surface area contributed by atoms with Gasteiger partial charge in [0.05, 0.1) is 6.04 Å². The second-order valence-corrected chi connectivity index (χ2v) is 10.1. The lowest BCUT2D eigenvalue weighted by Crippen LogP contribution is -2.43. The Morgan fingerprint density at radius 3 is 2.68 bits per heavy atom. The number of piperidine rings is 1. The molecule has 1 aromatic heterocycles. The zero-order valence-electron chi connectivity index (χ0n) is 18.2. The number of halogens is 2. The summed E-state index contributed by atoms with van der Waals surface area (Å²) in [4.78, 5) is 21.4. The summed E-state index contributed by atoms with van der Waals surface area (Å²) in [5, 5.41) is 1.97. The minimum absolute atomic E-state index is 0.127. The van der Waals surface area contributed by atoms with Crippen LogP contribution in [0.1, 0.15) is 68.7 Å². The number of H-pyrrole nitrogens is 1. The van der Waals surface area contributed by atoms with Gasteiger partial charge in [0.25, 0.3) is 0 Å². The van der Waals surface area contributed by atoms with Crippen molar-refractivity contribution in [2.75, 3.05) is 26.2 Å². The zero-order valence-corrected chi connectivity index (χ0v) is 19.0. The molecule has 2 aliphatic heterocycles. The van der Waals surface area contributed by atoms with E-state index in [0.29, 0.717) is 25.2 Å². The smallest absolute Gasteiger partial charge is 0.224 e. The number of nitrogens with zero attached hydrogens (tertiary/aromatic N) is 2. The number of carbonyl (C=O) groups is 1. The second-order valence-electron chi connectivity index (χ2n) is 9.71. The number of hydrogen-bond donors (Lipinski definition) is 1. The van der Waals surface area contributed by atoms with Crippen LogP contribution in [-0.2, 0) is 11.2 Å². The minimum atomic E-state index is -0.668.